The summed E-state index contributed by atoms with van der Waals surface area (Å²) in [6.07, 6.45) is 4.21. The van der Waals surface area contributed by atoms with Gasteiger partial charge >= 0.3 is 11.9 Å². The Bertz CT molecular complexity index is 2260. The number of rotatable bonds is 10. The highest BCUT2D eigenvalue weighted by atomic mass is 16.5. The van der Waals surface area contributed by atoms with Crippen LogP contribution in [0.1, 0.15) is 53.1 Å². The molecule has 50 heavy (non-hydrogen) atoms. The van der Waals surface area contributed by atoms with E-state index in [0.717, 1.165) is 79.2 Å². The minimum atomic E-state index is -0.439. The van der Waals surface area contributed by atoms with Crippen LogP contribution in [0.4, 0.5) is 0 Å². The minimum absolute atomic E-state index is 0.246. The number of hydrogen-bond acceptors (Lipinski definition) is 5. The first-order valence-corrected chi connectivity index (χ1v) is 16.4. The quantitative estimate of drug-likeness (QED) is 0.0655. The molecule has 246 valence electrons. The molecule has 5 nitrogen and oxygen atoms in total. The summed E-state index contributed by atoms with van der Waals surface area (Å²) < 4.78 is 15.8. The van der Waals surface area contributed by atoms with Gasteiger partial charge in [-0.2, -0.15) is 0 Å². The molecule has 0 bridgehead atoms. The zero-order chi connectivity index (χ0) is 35.1. The van der Waals surface area contributed by atoms with Crippen LogP contribution >= 0.6 is 0 Å². The molecule has 0 aliphatic carbocycles. The van der Waals surface area contributed by atoms with Gasteiger partial charge in [-0.1, -0.05) is 79.9 Å². The van der Waals surface area contributed by atoms with E-state index in [4.69, 9.17) is 14.2 Å². The van der Waals surface area contributed by atoms with Crippen molar-refractivity contribution in [3.63, 3.8) is 0 Å². The average Bonchev–Trinajstić information content (AvgIpc) is 3.15. The summed E-state index contributed by atoms with van der Waals surface area (Å²) in [5, 5.41) is 4.31. The molecular weight excluding hydrogens is 620 g/mol. The van der Waals surface area contributed by atoms with Crippen LogP contribution in [-0.2, 0) is 25.5 Å². The second-order valence-electron chi connectivity index (χ2n) is 11.2. The lowest BCUT2D eigenvalue weighted by atomic mass is 10.0. The van der Waals surface area contributed by atoms with Gasteiger partial charge in [0.1, 0.15) is 12.4 Å². The van der Waals surface area contributed by atoms with Crippen molar-refractivity contribution in [2.75, 3.05) is 19.8 Å². The Balaban J connectivity index is 1.21. The monoisotopic (exact) mass is 656 g/mol. The molecule has 0 aliphatic rings. The molecule has 0 heterocycles. The zero-order valence-electron chi connectivity index (χ0n) is 28.0. The average molecular weight is 657 g/mol. The number of hydrogen-bond donors (Lipinski definition) is 0. The molecule has 0 saturated carbocycles. The van der Waals surface area contributed by atoms with Crippen molar-refractivity contribution in [2.24, 2.45) is 0 Å². The molecule has 5 aromatic rings. The molecule has 5 rings (SSSR count). The SMILES string of the molecule is C=CC(=O)OCCC#Cc1ccc2cc(C#Cc3ccc(C#Cc4ccc5cc(OCCCOC(=O)C=C)ccc5c4)c(CC)c3)ccc2c1. The summed E-state index contributed by atoms with van der Waals surface area (Å²) in [7, 11) is 0. The normalized spacial score (nSPS) is 10.0. The van der Waals surface area contributed by atoms with E-state index in [1.807, 2.05) is 66.7 Å². The van der Waals surface area contributed by atoms with Crippen molar-refractivity contribution in [3.8, 4) is 41.3 Å². The van der Waals surface area contributed by atoms with E-state index in [0.29, 0.717) is 26.1 Å². The number of carbonyl (C=O) groups is 2. The standard InChI is InChI=1S/C45H36O5/c1-4-37-28-34(11-12-35-16-21-39-29-33(15-20-40(39)30-35)10-7-8-25-49-44(46)5-2)13-18-38(37)19-14-36-17-22-42-32-43(24-23-41(42)31-36)48-26-9-27-50-45(47)6-3/h5-6,13,15-18,20-24,28-32H,2-4,8-9,25-27H2,1H3. The van der Waals surface area contributed by atoms with Crippen molar-refractivity contribution in [3.05, 3.63) is 150 Å². The zero-order valence-corrected chi connectivity index (χ0v) is 28.0. The van der Waals surface area contributed by atoms with Gasteiger partial charge in [0.2, 0.25) is 0 Å². The first kappa shape index (κ1) is 34.8. The van der Waals surface area contributed by atoms with Crippen molar-refractivity contribution >= 4 is 33.5 Å². The van der Waals surface area contributed by atoms with E-state index in [1.165, 1.54) is 0 Å². The highest BCUT2D eigenvalue weighted by Gasteiger charge is 2.03. The van der Waals surface area contributed by atoms with Crippen LogP contribution in [0, 0.1) is 35.5 Å². The highest BCUT2D eigenvalue weighted by Crippen LogP contribution is 2.23. The van der Waals surface area contributed by atoms with Gasteiger partial charge in [0, 0.05) is 52.8 Å². The predicted molar refractivity (Wildman–Crippen MR) is 200 cm³/mol. The first-order chi connectivity index (χ1) is 24.4. The van der Waals surface area contributed by atoms with Crippen LogP contribution < -0.4 is 4.74 Å². The van der Waals surface area contributed by atoms with Gasteiger partial charge in [-0.05, 0) is 100 Å². The smallest absolute Gasteiger partial charge is 0.330 e. The van der Waals surface area contributed by atoms with Gasteiger partial charge in [-0.15, -0.1) is 0 Å². The molecule has 0 spiro atoms. The fourth-order valence-electron chi connectivity index (χ4n) is 5.07. The molecule has 0 radical (unpaired) electrons. The Morgan fingerprint density at radius 1 is 0.600 bits per heavy atom. The van der Waals surface area contributed by atoms with Crippen LogP contribution in [0.5, 0.6) is 5.75 Å². The number of aryl methyl sites for hydroxylation is 1. The molecule has 0 amide bonds. The first-order valence-electron chi connectivity index (χ1n) is 16.4. The minimum Gasteiger partial charge on any atom is -0.493 e. The maximum absolute atomic E-state index is 11.1. The molecule has 0 aromatic heterocycles. The van der Waals surface area contributed by atoms with Gasteiger partial charge in [0.05, 0.1) is 13.2 Å². The molecule has 0 N–H and O–H groups in total. The van der Waals surface area contributed by atoms with Gasteiger partial charge in [-0.25, -0.2) is 9.59 Å². The van der Waals surface area contributed by atoms with E-state index >= 15 is 0 Å². The predicted octanol–water partition coefficient (Wildman–Crippen LogP) is 8.32. The Hall–Kier alpha value is -6.48. The third-order valence-corrected chi connectivity index (χ3v) is 7.67. The van der Waals surface area contributed by atoms with Gasteiger partial charge in [0.15, 0.2) is 0 Å². The number of fused-ring (bicyclic) bond motifs is 2. The fourth-order valence-corrected chi connectivity index (χ4v) is 5.07. The van der Waals surface area contributed by atoms with Crippen molar-refractivity contribution in [2.45, 2.75) is 26.2 Å². The van der Waals surface area contributed by atoms with Crippen molar-refractivity contribution in [1.29, 1.82) is 0 Å². The van der Waals surface area contributed by atoms with E-state index in [1.54, 1.807) is 0 Å². The second-order valence-corrected chi connectivity index (χ2v) is 11.2. The van der Waals surface area contributed by atoms with Gasteiger partial charge < -0.3 is 14.2 Å². The van der Waals surface area contributed by atoms with Crippen LogP contribution in [0.2, 0.25) is 0 Å². The molecule has 5 heteroatoms. The van der Waals surface area contributed by atoms with Crippen LogP contribution in [0.25, 0.3) is 21.5 Å². The van der Waals surface area contributed by atoms with E-state index in [2.05, 4.69) is 79.9 Å². The maximum Gasteiger partial charge on any atom is 0.330 e. The van der Waals surface area contributed by atoms with E-state index in [9.17, 15) is 9.59 Å². The fraction of sp³-hybridized carbons (Fsp3) is 0.156. The second kappa shape index (κ2) is 17.6. The summed E-state index contributed by atoms with van der Waals surface area (Å²) in [4.78, 5) is 22.3. The molecule has 0 saturated heterocycles. The summed E-state index contributed by atoms with van der Waals surface area (Å²) in [5.41, 5.74) is 5.85. The van der Waals surface area contributed by atoms with Gasteiger partial charge in [-0.3, -0.25) is 0 Å². The number of carbonyl (C=O) groups excluding carboxylic acids is 2. The van der Waals surface area contributed by atoms with Crippen LogP contribution in [0.15, 0.2) is 116 Å². The van der Waals surface area contributed by atoms with Crippen LogP contribution in [0.3, 0.4) is 0 Å². The summed E-state index contributed by atoms with van der Waals surface area (Å²) in [5.74, 6) is 19.4. The Morgan fingerprint density at radius 3 is 1.74 bits per heavy atom. The topological polar surface area (TPSA) is 61.8 Å². The molecule has 0 fully saturated rings. The maximum atomic E-state index is 11.1. The molecular formula is C45H36O5. The number of esters is 2. The lowest BCUT2D eigenvalue weighted by Crippen LogP contribution is -2.06. The number of benzene rings is 5. The van der Waals surface area contributed by atoms with E-state index < -0.39 is 11.9 Å². The highest BCUT2D eigenvalue weighted by molar-refractivity contribution is 5.86. The molecule has 0 aliphatic heterocycles. The lowest BCUT2D eigenvalue weighted by Gasteiger charge is -2.08. The Labute approximate surface area is 293 Å². The lowest BCUT2D eigenvalue weighted by molar-refractivity contribution is -0.138. The third-order valence-electron chi connectivity index (χ3n) is 7.67. The summed E-state index contributed by atoms with van der Waals surface area (Å²) >= 11 is 0. The molecule has 5 aromatic carbocycles. The Morgan fingerprint density at radius 2 is 1.12 bits per heavy atom. The largest absolute Gasteiger partial charge is 0.493 e. The summed E-state index contributed by atoms with van der Waals surface area (Å²) in [6, 6.07) is 30.5. The van der Waals surface area contributed by atoms with E-state index in [-0.39, 0.29) is 6.61 Å². The third kappa shape index (κ3) is 10.0. The number of ether oxygens (including phenoxy) is 3. The Kier molecular flexibility index (Phi) is 12.3. The van der Waals surface area contributed by atoms with Crippen LogP contribution in [-0.4, -0.2) is 31.8 Å². The summed E-state index contributed by atoms with van der Waals surface area (Å²) in [6.45, 7) is 9.88. The molecule has 0 atom stereocenters. The van der Waals surface area contributed by atoms with Crippen molar-refractivity contribution < 1.29 is 23.8 Å². The van der Waals surface area contributed by atoms with Gasteiger partial charge in [0.25, 0.3) is 0 Å². The molecule has 0 unspecified atom stereocenters. The van der Waals surface area contributed by atoms with Crippen molar-refractivity contribution in [1.82, 2.24) is 0 Å².